The van der Waals surface area contributed by atoms with Crippen molar-refractivity contribution < 1.29 is 0 Å². The van der Waals surface area contributed by atoms with Gasteiger partial charge < -0.3 is 5.73 Å². The second-order valence-corrected chi connectivity index (χ2v) is 4.76. The van der Waals surface area contributed by atoms with Crippen molar-refractivity contribution >= 4 is 0 Å². The highest BCUT2D eigenvalue weighted by atomic mass is 14.6. The molecule has 2 rings (SSSR count). The van der Waals surface area contributed by atoms with Gasteiger partial charge >= 0.3 is 0 Å². The molecule has 0 saturated heterocycles. The van der Waals surface area contributed by atoms with Crippen LogP contribution in [-0.4, -0.2) is 6.04 Å². The highest BCUT2D eigenvalue weighted by molar-refractivity contribution is 5.13. The Bertz CT molecular complexity index is 322. The van der Waals surface area contributed by atoms with Crippen LogP contribution in [0.3, 0.4) is 0 Å². The lowest BCUT2D eigenvalue weighted by Crippen LogP contribution is -2.31. The maximum atomic E-state index is 6.31. The summed E-state index contributed by atoms with van der Waals surface area (Å²) in [7, 11) is 0. The van der Waals surface area contributed by atoms with Gasteiger partial charge in [0.15, 0.2) is 0 Å². The quantitative estimate of drug-likeness (QED) is 0.767. The largest absolute Gasteiger partial charge is 0.327 e. The van der Waals surface area contributed by atoms with E-state index in [-0.39, 0.29) is 0 Å². The van der Waals surface area contributed by atoms with E-state index >= 15 is 0 Å². The molecule has 2 unspecified atom stereocenters. The lowest BCUT2D eigenvalue weighted by atomic mass is 9.86. The Balaban J connectivity index is 1.85. The van der Waals surface area contributed by atoms with E-state index in [1.165, 1.54) is 6.42 Å². The molecular formula is C15H21N. The smallest absolute Gasteiger partial charge is 0.0108 e. The summed E-state index contributed by atoms with van der Waals surface area (Å²) in [6.07, 6.45) is 22.2. The molecule has 0 aromatic carbocycles. The fourth-order valence-corrected chi connectivity index (χ4v) is 2.45. The summed E-state index contributed by atoms with van der Waals surface area (Å²) >= 11 is 0. The van der Waals surface area contributed by atoms with E-state index in [4.69, 9.17) is 5.73 Å². The summed E-state index contributed by atoms with van der Waals surface area (Å²) in [5, 5.41) is 0. The van der Waals surface area contributed by atoms with E-state index in [1.807, 2.05) is 0 Å². The molecule has 0 heterocycles. The molecule has 0 spiro atoms. The number of rotatable bonds is 3. The molecular weight excluding hydrogens is 194 g/mol. The Hall–Kier alpha value is -1.08. The molecule has 16 heavy (non-hydrogen) atoms. The Kier molecular flexibility index (Phi) is 4.17. The molecule has 0 radical (unpaired) electrons. The van der Waals surface area contributed by atoms with Gasteiger partial charge in [-0.15, -0.1) is 0 Å². The van der Waals surface area contributed by atoms with Gasteiger partial charge in [0.2, 0.25) is 0 Å². The predicted molar refractivity (Wildman–Crippen MR) is 70.0 cm³/mol. The number of nitrogens with two attached hydrogens (primary N) is 1. The van der Waals surface area contributed by atoms with Gasteiger partial charge in [-0.2, -0.15) is 0 Å². The van der Waals surface area contributed by atoms with Gasteiger partial charge in [0.25, 0.3) is 0 Å². The van der Waals surface area contributed by atoms with Crippen molar-refractivity contribution in [2.45, 2.75) is 31.7 Å². The van der Waals surface area contributed by atoms with Crippen LogP contribution in [0.4, 0.5) is 0 Å². The molecule has 0 amide bonds. The van der Waals surface area contributed by atoms with Crippen molar-refractivity contribution in [2.24, 2.45) is 17.6 Å². The maximum absolute atomic E-state index is 6.31. The summed E-state index contributed by atoms with van der Waals surface area (Å²) in [4.78, 5) is 0. The number of allylic oxidation sites excluding steroid dienone is 7. The van der Waals surface area contributed by atoms with Gasteiger partial charge in [-0.1, -0.05) is 48.6 Å². The van der Waals surface area contributed by atoms with Crippen molar-refractivity contribution in [2.75, 3.05) is 0 Å². The maximum Gasteiger partial charge on any atom is 0.0108 e. The first-order valence-electron chi connectivity index (χ1n) is 6.28. The first kappa shape index (κ1) is 11.4. The topological polar surface area (TPSA) is 26.0 Å². The van der Waals surface area contributed by atoms with Gasteiger partial charge in [-0.25, -0.2) is 0 Å². The van der Waals surface area contributed by atoms with Crippen LogP contribution in [-0.2, 0) is 0 Å². The van der Waals surface area contributed by atoms with Gasteiger partial charge in [0, 0.05) is 6.04 Å². The summed E-state index contributed by atoms with van der Waals surface area (Å²) < 4.78 is 0. The van der Waals surface area contributed by atoms with Crippen molar-refractivity contribution in [3.8, 4) is 0 Å². The second kappa shape index (κ2) is 5.86. The molecule has 2 aliphatic carbocycles. The average molecular weight is 215 g/mol. The van der Waals surface area contributed by atoms with Gasteiger partial charge in [0.1, 0.15) is 0 Å². The van der Waals surface area contributed by atoms with E-state index in [1.54, 1.807) is 0 Å². The molecule has 0 aliphatic heterocycles. The van der Waals surface area contributed by atoms with Crippen LogP contribution in [0.15, 0.2) is 48.6 Å². The molecule has 1 heteroatoms. The minimum Gasteiger partial charge on any atom is -0.327 e. The van der Waals surface area contributed by atoms with Crippen LogP contribution < -0.4 is 5.73 Å². The summed E-state index contributed by atoms with van der Waals surface area (Å²) in [5.41, 5.74) is 6.31. The third-order valence-corrected chi connectivity index (χ3v) is 3.47. The lowest BCUT2D eigenvalue weighted by molar-refractivity contribution is 0.403. The third-order valence-electron chi connectivity index (χ3n) is 3.47. The van der Waals surface area contributed by atoms with Crippen molar-refractivity contribution in [3.63, 3.8) is 0 Å². The van der Waals surface area contributed by atoms with Crippen LogP contribution in [0.2, 0.25) is 0 Å². The van der Waals surface area contributed by atoms with E-state index in [0.717, 1.165) is 19.3 Å². The number of hydrogen-bond acceptors (Lipinski definition) is 1. The summed E-state index contributed by atoms with van der Waals surface area (Å²) in [6, 6.07) is 0.303. The van der Waals surface area contributed by atoms with Crippen molar-refractivity contribution in [3.05, 3.63) is 48.6 Å². The molecule has 0 aromatic rings. The molecule has 0 fully saturated rings. The fourth-order valence-electron chi connectivity index (χ4n) is 2.45. The standard InChI is InChI=1S/C15H21N/c16-15(12-13-8-4-3-5-9-13)14-10-6-1-2-7-11-14/h1-6,8,10,13-15H,7,9,11-12,16H2/t13?,14?,15-/m1/s1. The van der Waals surface area contributed by atoms with E-state index in [2.05, 4.69) is 48.6 Å². The van der Waals surface area contributed by atoms with Crippen LogP contribution in [0.1, 0.15) is 25.7 Å². The lowest BCUT2D eigenvalue weighted by Gasteiger charge is -2.24. The molecule has 0 bridgehead atoms. The van der Waals surface area contributed by atoms with Gasteiger partial charge in [-0.3, -0.25) is 0 Å². The molecule has 0 saturated carbocycles. The van der Waals surface area contributed by atoms with E-state index in [0.29, 0.717) is 17.9 Å². The zero-order valence-corrected chi connectivity index (χ0v) is 9.76. The zero-order valence-electron chi connectivity index (χ0n) is 9.76. The zero-order chi connectivity index (χ0) is 11.2. The predicted octanol–water partition coefficient (Wildman–Crippen LogP) is 3.36. The summed E-state index contributed by atoms with van der Waals surface area (Å²) in [6.45, 7) is 0. The Labute approximate surface area is 98.4 Å². The molecule has 1 nitrogen and oxygen atoms in total. The first-order chi connectivity index (χ1) is 7.86. The van der Waals surface area contributed by atoms with Gasteiger partial charge in [0.05, 0.1) is 0 Å². The Morgan fingerprint density at radius 2 is 1.88 bits per heavy atom. The van der Waals surface area contributed by atoms with Crippen LogP contribution in [0.5, 0.6) is 0 Å². The molecule has 0 aromatic heterocycles. The van der Waals surface area contributed by atoms with E-state index < -0.39 is 0 Å². The normalized spacial score (nSPS) is 30.3. The highest BCUT2D eigenvalue weighted by Crippen LogP contribution is 2.24. The van der Waals surface area contributed by atoms with Crippen LogP contribution in [0.25, 0.3) is 0 Å². The fraction of sp³-hybridized carbons (Fsp3) is 0.467. The minimum atomic E-state index is 0.303. The Morgan fingerprint density at radius 3 is 2.69 bits per heavy atom. The van der Waals surface area contributed by atoms with Crippen molar-refractivity contribution in [1.82, 2.24) is 0 Å². The van der Waals surface area contributed by atoms with E-state index in [9.17, 15) is 0 Å². The first-order valence-corrected chi connectivity index (χ1v) is 6.28. The molecule has 3 atom stereocenters. The Morgan fingerprint density at radius 1 is 1.06 bits per heavy atom. The second-order valence-electron chi connectivity index (χ2n) is 4.76. The summed E-state index contributed by atoms with van der Waals surface area (Å²) in [5.74, 6) is 1.19. The highest BCUT2D eigenvalue weighted by Gasteiger charge is 2.18. The number of hydrogen-bond donors (Lipinski definition) is 1. The monoisotopic (exact) mass is 215 g/mol. The van der Waals surface area contributed by atoms with Gasteiger partial charge in [-0.05, 0) is 37.5 Å². The van der Waals surface area contributed by atoms with Crippen molar-refractivity contribution in [1.29, 1.82) is 0 Å². The SMILES string of the molecule is N[C@H](CC1C=CC=CC1)C1C=CC=CCC1. The molecule has 2 N–H and O–H groups in total. The molecule has 86 valence electrons. The van der Waals surface area contributed by atoms with Crippen LogP contribution >= 0.6 is 0 Å². The average Bonchev–Trinajstić information content (AvgIpc) is 2.59. The third kappa shape index (κ3) is 3.21. The molecule has 2 aliphatic rings. The minimum absolute atomic E-state index is 0.303. The van der Waals surface area contributed by atoms with Crippen LogP contribution in [0, 0.1) is 11.8 Å².